The van der Waals surface area contributed by atoms with Crippen molar-refractivity contribution in [2.45, 2.75) is 6.54 Å². The number of ether oxygens (including phenoxy) is 1. The number of carbonyl (C=O) groups excluding carboxylic acids is 2. The molecule has 0 aliphatic heterocycles. The highest BCUT2D eigenvalue weighted by Gasteiger charge is 2.19. The molecule has 4 rings (SSSR count). The Hall–Kier alpha value is -3.57. The van der Waals surface area contributed by atoms with Gasteiger partial charge in [0.25, 0.3) is 5.91 Å². The Morgan fingerprint density at radius 3 is 2.87 bits per heavy atom. The van der Waals surface area contributed by atoms with Crippen LogP contribution in [0.1, 0.15) is 15.2 Å². The highest BCUT2D eigenvalue weighted by molar-refractivity contribution is 7.12. The van der Waals surface area contributed by atoms with Gasteiger partial charge in [0.1, 0.15) is 17.0 Å². The maximum absolute atomic E-state index is 12.4. The van der Waals surface area contributed by atoms with Crippen molar-refractivity contribution in [1.82, 2.24) is 30.0 Å². The fraction of sp³-hybridized carbons (Fsp3) is 0.111. The summed E-state index contributed by atoms with van der Waals surface area (Å²) in [5.74, 6) is -0.679. The highest BCUT2D eigenvalue weighted by Crippen LogP contribution is 2.21. The zero-order valence-corrected chi connectivity index (χ0v) is 16.9. The van der Waals surface area contributed by atoms with Gasteiger partial charge in [0.05, 0.1) is 18.4 Å². The maximum Gasteiger partial charge on any atom is 0.351 e. The molecule has 4 aromatic rings. The van der Waals surface area contributed by atoms with Crippen LogP contribution in [0.4, 0.5) is 5.82 Å². The third-order valence-electron chi connectivity index (χ3n) is 4.02. The van der Waals surface area contributed by atoms with Gasteiger partial charge in [-0.25, -0.2) is 9.48 Å². The van der Waals surface area contributed by atoms with E-state index in [1.807, 2.05) is 18.2 Å². The second-order valence-corrected chi connectivity index (χ2v) is 7.30. The summed E-state index contributed by atoms with van der Waals surface area (Å²) in [6.45, 7) is -0.0738. The fourth-order valence-corrected chi connectivity index (χ4v) is 3.60. The molecule has 10 nitrogen and oxygen atoms in total. The average molecular weight is 444 g/mol. The maximum atomic E-state index is 12.4. The number of esters is 1. The van der Waals surface area contributed by atoms with Crippen molar-refractivity contribution in [2.75, 3.05) is 11.9 Å². The molecule has 0 saturated heterocycles. The molecule has 0 bridgehead atoms. The first-order valence-electron chi connectivity index (χ1n) is 8.65. The van der Waals surface area contributed by atoms with E-state index in [1.54, 1.807) is 34.5 Å². The molecule has 152 valence electrons. The van der Waals surface area contributed by atoms with Gasteiger partial charge in [-0.05, 0) is 33.5 Å². The summed E-state index contributed by atoms with van der Waals surface area (Å²) in [4.78, 5) is 24.9. The first-order valence-corrected chi connectivity index (χ1v) is 9.90. The number of halogens is 1. The van der Waals surface area contributed by atoms with Crippen molar-refractivity contribution in [2.24, 2.45) is 0 Å². The molecule has 0 aliphatic carbocycles. The molecule has 1 N–H and O–H groups in total. The van der Waals surface area contributed by atoms with Gasteiger partial charge in [-0.2, -0.15) is 9.78 Å². The lowest BCUT2D eigenvalue weighted by molar-refractivity contribution is -0.119. The molecule has 1 aromatic carbocycles. The summed E-state index contributed by atoms with van der Waals surface area (Å²) >= 11 is 7.35. The van der Waals surface area contributed by atoms with Crippen molar-refractivity contribution in [3.63, 3.8) is 0 Å². The van der Waals surface area contributed by atoms with Crippen LogP contribution in [-0.4, -0.2) is 48.5 Å². The lowest BCUT2D eigenvalue weighted by Crippen LogP contribution is -2.23. The van der Waals surface area contributed by atoms with Gasteiger partial charge in [0.15, 0.2) is 6.61 Å². The van der Waals surface area contributed by atoms with Gasteiger partial charge in [0.2, 0.25) is 0 Å². The Bertz CT molecular complexity index is 1170. The van der Waals surface area contributed by atoms with E-state index in [1.165, 1.54) is 22.3 Å². The Morgan fingerprint density at radius 1 is 1.20 bits per heavy atom. The Labute approximate surface area is 179 Å². The molecule has 1 amide bonds. The summed E-state index contributed by atoms with van der Waals surface area (Å²) in [7, 11) is 0. The Balaban J connectivity index is 1.36. The molecule has 0 atom stereocenters. The van der Waals surface area contributed by atoms with E-state index >= 15 is 0 Å². The molecule has 0 aliphatic rings. The molecular weight excluding hydrogens is 430 g/mol. The van der Waals surface area contributed by atoms with Gasteiger partial charge in [-0.1, -0.05) is 29.8 Å². The summed E-state index contributed by atoms with van der Waals surface area (Å²) in [5.41, 5.74) is 1.34. The number of hydrogen-bond acceptors (Lipinski definition) is 8. The first-order chi connectivity index (χ1) is 14.6. The predicted molar refractivity (Wildman–Crippen MR) is 109 cm³/mol. The van der Waals surface area contributed by atoms with E-state index in [2.05, 4.69) is 25.9 Å². The molecule has 0 radical (unpaired) electrons. The molecule has 12 heteroatoms. The van der Waals surface area contributed by atoms with Crippen molar-refractivity contribution < 1.29 is 14.3 Å². The van der Waals surface area contributed by atoms with Crippen LogP contribution in [0.2, 0.25) is 5.02 Å². The summed E-state index contributed by atoms with van der Waals surface area (Å²) in [6, 6.07) is 10.7. The van der Waals surface area contributed by atoms with Crippen molar-refractivity contribution in [3.05, 3.63) is 69.8 Å². The number of carbonyl (C=O) groups is 2. The van der Waals surface area contributed by atoms with Crippen LogP contribution in [0.15, 0.2) is 54.3 Å². The number of amides is 1. The van der Waals surface area contributed by atoms with Gasteiger partial charge < -0.3 is 10.1 Å². The van der Waals surface area contributed by atoms with Crippen LogP contribution in [0.5, 0.6) is 0 Å². The van der Waals surface area contributed by atoms with Crippen molar-refractivity contribution >= 4 is 40.6 Å². The van der Waals surface area contributed by atoms with Gasteiger partial charge in [-0.3, -0.25) is 4.79 Å². The number of benzene rings is 1. The number of tetrazole rings is 1. The molecule has 3 heterocycles. The number of nitrogens with one attached hydrogen (secondary N) is 1. The lowest BCUT2D eigenvalue weighted by Gasteiger charge is -2.10. The molecular formula is C18H14ClN7O3S. The van der Waals surface area contributed by atoms with E-state index in [-0.39, 0.29) is 0 Å². The van der Waals surface area contributed by atoms with E-state index in [4.69, 9.17) is 16.3 Å². The highest BCUT2D eigenvalue weighted by atomic mass is 35.5. The minimum atomic E-state index is -0.643. The van der Waals surface area contributed by atoms with Gasteiger partial charge in [0, 0.05) is 11.1 Å². The van der Waals surface area contributed by atoms with Crippen LogP contribution in [0, 0.1) is 0 Å². The number of thiophene rings is 1. The number of anilines is 1. The molecule has 30 heavy (non-hydrogen) atoms. The zero-order chi connectivity index (χ0) is 20.9. The van der Waals surface area contributed by atoms with Crippen LogP contribution < -0.4 is 5.32 Å². The summed E-state index contributed by atoms with van der Waals surface area (Å²) in [5, 5.41) is 20.0. The Morgan fingerprint density at radius 2 is 2.07 bits per heavy atom. The topological polar surface area (TPSA) is 117 Å². The van der Waals surface area contributed by atoms with E-state index in [0.717, 1.165) is 5.56 Å². The molecule has 3 aromatic heterocycles. The molecule has 0 spiro atoms. The van der Waals surface area contributed by atoms with Gasteiger partial charge in [-0.15, -0.1) is 16.4 Å². The molecule has 0 saturated carbocycles. The smallest absolute Gasteiger partial charge is 0.351 e. The monoisotopic (exact) mass is 443 g/mol. The largest absolute Gasteiger partial charge is 0.451 e. The van der Waals surface area contributed by atoms with E-state index in [9.17, 15) is 9.59 Å². The quantitative estimate of drug-likeness (QED) is 0.436. The SMILES string of the molecule is O=C(COC(=O)c1sccc1-n1cnnn1)Nc1ccnn1Cc1ccccc1Cl. The van der Waals surface area contributed by atoms with Crippen molar-refractivity contribution in [3.8, 4) is 5.69 Å². The number of aromatic nitrogens is 6. The third kappa shape index (κ3) is 4.36. The summed E-state index contributed by atoms with van der Waals surface area (Å²) in [6.07, 6.45) is 2.92. The third-order valence-corrected chi connectivity index (χ3v) is 5.27. The lowest BCUT2D eigenvalue weighted by atomic mass is 10.2. The Kier molecular flexibility index (Phi) is 5.82. The minimum absolute atomic E-state index is 0.291. The number of hydrogen-bond donors (Lipinski definition) is 1. The van der Waals surface area contributed by atoms with Gasteiger partial charge >= 0.3 is 5.97 Å². The van der Waals surface area contributed by atoms with Crippen LogP contribution in [-0.2, 0) is 16.1 Å². The second kappa shape index (κ2) is 8.84. The first kappa shape index (κ1) is 19.7. The molecule has 0 unspecified atom stereocenters. The summed E-state index contributed by atoms with van der Waals surface area (Å²) < 4.78 is 8.08. The van der Waals surface area contributed by atoms with E-state index < -0.39 is 18.5 Å². The van der Waals surface area contributed by atoms with Crippen molar-refractivity contribution in [1.29, 1.82) is 0 Å². The van der Waals surface area contributed by atoms with E-state index in [0.29, 0.717) is 27.9 Å². The normalized spacial score (nSPS) is 10.7. The standard InChI is InChI=1S/C18H14ClN7O3S/c19-13-4-2-1-3-12(13)9-25-15(5-7-21-25)22-16(27)10-29-18(28)17-14(6-8-30-17)26-11-20-23-24-26/h1-8,11H,9-10H2,(H,22,27). The van der Waals surface area contributed by atoms with Crippen LogP contribution >= 0.6 is 22.9 Å². The minimum Gasteiger partial charge on any atom is -0.451 e. The molecule has 0 fully saturated rings. The second-order valence-electron chi connectivity index (χ2n) is 5.98. The number of nitrogens with zero attached hydrogens (tertiary/aromatic N) is 6. The fourth-order valence-electron chi connectivity index (χ4n) is 2.64. The predicted octanol–water partition coefficient (Wildman–Crippen LogP) is 2.42. The van der Waals surface area contributed by atoms with Crippen LogP contribution in [0.25, 0.3) is 5.69 Å². The zero-order valence-electron chi connectivity index (χ0n) is 15.3. The van der Waals surface area contributed by atoms with Crippen LogP contribution in [0.3, 0.4) is 0 Å². The number of rotatable bonds is 7. The average Bonchev–Trinajstić information content (AvgIpc) is 3.50.